The zero-order chi connectivity index (χ0) is 10.7. The summed E-state index contributed by atoms with van der Waals surface area (Å²) in [6.07, 6.45) is 1.03. The summed E-state index contributed by atoms with van der Waals surface area (Å²) in [4.78, 5) is 0.472. The lowest BCUT2D eigenvalue weighted by atomic mass is 9.93. The van der Waals surface area contributed by atoms with Gasteiger partial charge >= 0.3 is 0 Å². The summed E-state index contributed by atoms with van der Waals surface area (Å²) >= 11 is 3.52. The van der Waals surface area contributed by atoms with E-state index < -0.39 is 0 Å². The fourth-order valence-corrected chi connectivity index (χ4v) is 2.32. The zero-order valence-electron chi connectivity index (χ0n) is 8.85. The van der Waals surface area contributed by atoms with Gasteiger partial charge in [0.05, 0.1) is 0 Å². The van der Waals surface area contributed by atoms with E-state index in [1.54, 1.807) is 6.07 Å². The minimum absolute atomic E-state index is 0.139. The monoisotopic (exact) mass is 258 g/mol. The van der Waals surface area contributed by atoms with Gasteiger partial charge in [-0.1, -0.05) is 35.8 Å². The molecule has 0 aliphatic rings. The summed E-state index contributed by atoms with van der Waals surface area (Å²) in [5.74, 6) is 0.264. The van der Waals surface area contributed by atoms with E-state index in [1.165, 1.54) is 11.6 Å². The quantitative estimate of drug-likeness (QED) is 0.705. The van der Waals surface area contributed by atoms with Crippen LogP contribution in [0, 0.1) is 12.7 Å². The van der Waals surface area contributed by atoms with Crippen molar-refractivity contribution < 1.29 is 4.39 Å². The molecule has 2 heteroatoms. The van der Waals surface area contributed by atoms with Crippen molar-refractivity contribution in [3.8, 4) is 0 Å². The Morgan fingerprint density at radius 3 is 2.57 bits per heavy atom. The first-order valence-electron chi connectivity index (χ1n) is 4.91. The van der Waals surface area contributed by atoms with Gasteiger partial charge in [0.1, 0.15) is 5.82 Å². The summed E-state index contributed by atoms with van der Waals surface area (Å²) in [5, 5.41) is 0. The number of hydrogen-bond donors (Lipinski definition) is 0. The van der Waals surface area contributed by atoms with Crippen LogP contribution in [0.2, 0.25) is 0 Å². The Morgan fingerprint density at radius 1 is 1.36 bits per heavy atom. The van der Waals surface area contributed by atoms with E-state index in [2.05, 4.69) is 29.8 Å². The molecule has 2 atom stereocenters. The summed E-state index contributed by atoms with van der Waals surface area (Å²) in [6, 6.07) is 5.01. The molecule has 0 amide bonds. The maximum absolute atomic E-state index is 13.0. The molecule has 1 aromatic rings. The van der Waals surface area contributed by atoms with Gasteiger partial charge in [0.2, 0.25) is 0 Å². The Bertz CT molecular complexity index is 307. The lowest BCUT2D eigenvalue weighted by Crippen LogP contribution is -2.02. The molecule has 1 aromatic carbocycles. The van der Waals surface area contributed by atoms with Gasteiger partial charge in [0, 0.05) is 4.83 Å². The number of alkyl halides is 1. The Kier molecular flexibility index (Phi) is 4.11. The first-order chi connectivity index (χ1) is 6.50. The maximum atomic E-state index is 13.0. The van der Waals surface area contributed by atoms with Crippen molar-refractivity contribution >= 4 is 15.9 Å². The van der Waals surface area contributed by atoms with Gasteiger partial charge in [0.15, 0.2) is 0 Å². The van der Waals surface area contributed by atoms with Crippen LogP contribution < -0.4 is 0 Å². The highest BCUT2D eigenvalue weighted by Gasteiger charge is 2.11. The fourth-order valence-electron chi connectivity index (χ4n) is 1.76. The molecule has 0 aliphatic carbocycles. The van der Waals surface area contributed by atoms with Crippen molar-refractivity contribution in [1.82, 2.24) is 0 Å². The second-order valence-electron chi connectivity index (χ2n) is 3.92. The van der Waals surface area contributed by atoms with E-state index in [1.807, 2.05) is 13.0 Å². The molecule has 0 spiro atoms. The molecule has 0 nitrogen and oxygen atoms in total. The molecule has 0 fully saturated rings. The molecule has 0 aromatic heterocycles. The number of aryl methyl sites for hydroxylation is 1. The van der Waals surface area contributed by atoms with Crippen LogP contribution in [0.3, 0.4) is 0 Å². The Balaban J connectivity index is 2.88. The van der Waals surface area contributed by atoms with Crippen molar-refractivity contribution in [2.75, 3.05) is 0 Å². The average Bonchev–Trinajstić information content (AvgIpc) is 2.08. The summed E-state index contributed by atoms with van der Waals surface area (Å²) in [6.45, 7) is 6.29. The molecule has 78 valence electrons. The Labute approximate surface area is 93.7 Å². The van der Waals surface area contributed by atoms with Crippen molar-refractivity contribution in [2.24, 2.45) is 0 Å². The summed E-state index contributed by atoms with van der Waals surface area (Å²) < 4.78 is 13.0. The molecular formula is C12H16BrF. The highest BCUT2D eigenvalue weighted by Crippen LogP contribution is 2.26. The second kappa shape index (κ2) is 4.92. The van der Waals surface area contributed by atoms with Gasteiger partial charge in [0.25, 0.3) is 0 Å². The van der Waals surface area contributed by atoms with E-state index >= 15 is 0 Å². The number of rotatable bonds is 3. The SMILES string of the molecule is Cc1ccc(F)cc1C(C)CC(C)Br. The van der Waals surface area contributed by atoms with E-state index in [-0.39, 0.29) is 5.82 Å². The van der Waals surface area contributed by atoms with Gasteiger partial charge < -0.3 is 0 Å². The lowest BCUT2D eigenvalue weighted by Gasteiger charge is -2.15. The summed E-state index contributed by atoms with van der Waals surface area (Å²) in [5.41, 5.74) is 2.29. The van der Waals surface area contributed by atoms with Crippen LogP contribution in [-0.4, -0.2) is 4.83 Å². The van der Waals surface area contributed by atoms with Crippen LogP contribution in [0.15, 0.2) is 18.2 Å². The van der Waals surface area contributed by atoms with E-state index in [9.17, 15) is 4.39 Å². The van der Waals surface area contributed by atoms with Crippen LogP contribution >= 0.6 is 15.9 Å². The predicted octanol–water partition coefficient (Wildman–Crippen LogP) is 4.41. The molecule has 0 saturated heterocycles. The zero-order valence-corrected chi connectivity index (χ0v) is 10.4. The minimum atomic E-state index is -0.139. The molecular weight excluding hydrogens is 243 g/mol. The van der Waals surface area contributed by atoms with Crippen LogP contribution in [0.4, 0.5) is 4.39 Å². The molecule has 2 unspecified atom stereocenters. The fraction of sp³-hybridized carbons (Fsp3) is 0.500. The van der Waals surface area contributed by atoms with Gasteiger partial charge in [-0.15, -0.1) is 0 Å². The van der Waals surface area contributed by atoms with Gasteiger partial charge in [-0.25, -0.2) is 4.39 Å². The van der Waals surface area contributed by atoms with Crippen molar-refractivity contribution in [3.05, 3.63) is 35.1 Å². The second-order valence-corrected chi connectivity index (χ2v) is 5.48. The molecule has 14 heavy (non-hydrogen) atoms. The number of hydrogen-bond acceptors (Lipinski definition) is 0. The first kappa shape index (κ1) is 11.7. The smallest absolute Gasteiger partial charge is 0.123 e. The van der Waals surface area contributed by atoms with Crippen molar-refractivity contribution in [1.29, 1.82) is 0 Å². The third kappa shape index (κ3) is 3.09. The lowest BCUT2D eigenvalue weighted by molar-refractivity contribution is 0.614. The first-order valence-corrected chi connectivity index (χ1v) is 5.82. The number of halogens is 2. The summed E-state index contributed by atoms with van der Waals surface area (Å²) in [7, 11) is 0. The van der Waals surface area contributed by atoms with Gasteiger partial charge in [-0.3, -0.25) is 0 Å². The largest absolute Gasteiger partial charge is 0.207 e. The molecule has 0 bridgehead atoms. The van der Waals surface area contributed by atoms with Crippen LogP contribution in [0.25, 0.3) is 0 Å². The molecule has 0 heterocycles. The molecule has 0 N–H and O–H groups in total. The van der Waals surface area contributed by atoms with E-state index in [0.717, 1.165) is 12.0 Å². The van der Waals surface area contributed by atoms with Crippen molar-refractivity contribution in [3.63, 3.8) is 0 Å². The number of benzene rings is 1. The minimum Gasteiger partial charge on any atom is -0.207 e. The van der Waals surface area contributed by atoms with Crippen LogP contribution in [-0.2, 0) is 0 Å². The highest BCUT2D eigenvalue weighted by atomic mass is 79.9. The van der Waals surface area contributed by atoms with Crippen molar-refractivity contribution in [2.45, 2.75) is 37.9 Å². The molecule has 1 rings (SSSR count). The Morgan fingerprint density at radius 2 is 2.00 bits per heavy atom. The third-order valence-corrected chi connectivity index (χ3v) is 2.82. The van der Waals surface area contributed by atoms with E-state index in [4.69, 9.17) is 0 Å². The topological polar surface area (TPSA) is 0 Å². The highest BCUT2D eigenvalue weighted by molar-refractivity contribution is 9.09. The predicted molar refractivity (Wildman–Crippen MR) is 62.6 cm³/mol. The van der Waals surface area contributed by atoms with Crippen LogP contribution in [0.5, 0.6) is 0 Å². The van der Waals surface area contributed by atoms with Gasteiger partial charge in [-0.2, -0.15) is 0 Å². The van der Waals surface area contributed by atoms with Crippen LogP contribution in [0.1, 0.15) is 37.3 Å². The maximum Gasteiger partial charge on any atom is 0.123 e. The normalized spacial score (nSPS) is 15.2. The Hall–Kier alpha value is -0.370. The molecule has 0 aliphatic heterocycles. The molecule has 0 radical (unpaired) electrons. The standard InChI is InChI=1S/C12H16BrF/c1-8-4-5-11(14)7-12(8)9(2)6-10(3)13/h4-5,7,9-10H,6H2,1-3H3. The van der Waals surface area contributed by atoms with E-state index in [0.29, 0.717) is 10.7 Å². The van der Waals surface area contributed by atoms with Gasteiger partial charge in [-0.05, 0) is 42.5 Å². The molecule has 0 saturated carbocycles. The third-order valence-electron chi connectivity index (χ3n) is 2.45. The average molecular weight is 259 g/mol.